The van der Waals surface area contributed by atoms with Crippen LogP contribution in [0.5, 0.6) is 5.75 Å². The molecule has 6 nitrogen and oxygen atoms in total. The highest BCUT2D eigenvalue weighted by atomic mass is 35.5. The van der Waals surface area contributed by atoms with E-state index in [0.29, 0.717) is 21.7 Å². The van der Waals surface area contributed by atoms with E-state index in [4.69, 9.17) is 26.5 Å². The molecule has 7 heteroatoms. The Morgan fingerprint density at radius 3 is 2.42 bits per heavy atom. The molecule has 0 saturated heterocycles. The molecule has 0 unspecified atom stereocenters. The smallest absolute Gasteiger partial charge is 0.286 e. The second kappa shape index (κ2) is 6.72. The number of benzene rings is 2. The average molecular weight is 373 g/mol. The Morgan fingerprint density at radius 2 is 1.77 bits per heavy atom. The van der Waals surface area contributed by atoms with E-state index in [2.05, 4.69) is 5.32 Å². The Morgan fingerprint density at radius 1 is 1.12 bits per heavy atom. The van der Waals surface area contributed by atoms with Crippen molar-refractivity contribution in [1.82, 2.24) is 0 Å². The van der Waals surface area contributed by atoms with E-state index in [9.17, 15) is 9.59 Å². The zero-order valence-electron chi connectivity index (χ0n) is 14.2. The number of rotatable bonds is 5. The molecule has 0 fully saturated rings. The van der Waals surface area contributed by atoms with Crippen LogP contribution in [0.1, 0.15) is 24.4 Å². The van der Waals surface area contributed by atoms with Crippen molar-refractivity contribution in [3.05, 3.63) is 59.3 Å². The molecule has 0 atom stereocenters. The lowest BCUT2D eigenvalue weighted by molar-refractivity contribution is -0.128. The van der Waals surface area contributed by atoms with E-state index < -0.39 is 17.4 Å². The van der Waals surface area contributed by atoms with E-state index in [0.717, 1.165) is 0 Å². The first-order valence-corrected chi connectivity index (χ1v) is 8.23. The summed E-state index contributed by atoms with van der Waals surface area (Å²) in [5.41, 5.74) is 4.83. The van der Waals surface area contributed by atoms with Crippen LogP contribution in [0.3, 0.4) is 0 Å². The summed E-state index contributed by atoms with van der Waals surface area (Å²) in [6, 6.07) is 13.6. The Balaban J connectivity index is 1.89. The fourth-order valence-corrected chi connectivity index (χ4v) is 2.58. The van der Waals surface area contributed by atoms with Crippen LogP contribution in [0.25, 0.3) is 11.0 Å². The molecule has 0 bridgehead atoms. The molecular weight excluding hydrogens is 356 g/mol. The van der Waals surface area contributed by atoms with Gasteiger partial charge in [-0.25, -0.2) is 0 Å². The highest BCUT2D eigenvalue weighted by Gasteiger charge is 2.32. The number of anilines is 1. The minimum Gasteiger partial charge on any atom is -0.478 e. The van der Waals surface area contributed by atoms with Gasteiger partial charge >= 0.3 is 0 Å². The second-order valence-corrected chi connectivity index (χ2v) is 6.62. The highest BCUT2D eigenvalue weighted by molar-refractivity contribution is 6.30. The van der Waals surface area contributed by atoms with E-state index in [-0.39, 0.29) is 11.4 Å². The number of furan rings is 1. The molecule has 0 saturated carbocycles. The number of primary amides is 1. The number of nitrogens with one attached hydrogen (secondary N) is 1. The number of carbonyl (C=O) groups excluding carboxylic acids is 2. The minimum atomic E-state index is -1.22. The monoisotopic (exact) mass is 372 g/mol. The molecule has 2 amide bonds. The molecule has 3 rings (SSSR count). The van der Waals surface area contributed by atoms with Crippen LogP contribution in [0.4, 0.5) is 5.69 Å². The molecule has 0 radical (unpaired) electrons. The summed E-state index contributed by atoms with van der Waals surface area (Å²) < 4.78 is 11.2. The van der Waals surface area contributed by atoms with Gasteiger partial charge in [0.15, 0.2) is 5.60 Å². The maximum Gasteiger partial charge on any atom is 0.286 e. The summed E-state index contributed by atoms with van der Waals surface area (Å²) in [7, 11) is 0. The Kier molecular flexibility index (Phi) is 4.61. The topological polar surface area (TPSA) is 94.6 Å². The van der Waals surface area contributed by atoms with Gasteiger partial charge in [0.2, 0.25) is 5.76 Å². The number of nitrogens with two attached hydrogens (primary N) is 1. The Bertz CT molecular complexity index is 977. The van der Waals surface area contributed by atoms with Crippen molar-refractivity contribution >= 4 is 40.1 Å². The standard InChI is InChI=1S/C19H17ClN2O4/c1-19(2,26-12-9-7-11(20)8-10-12)18(24)22-15-13-5-3-4-6-14(13)25-16(15)17(21)23/h3-10H,1-2H3,(H2,21,23)(H,22,24). The average Bonchev–Trinajstić information content (AvgIpc) is 2.96. The molecule has 26 heavy (non-hydrogen) atoms. The number of carbonyl (C=O) groups is 2. The first kappa shape index (κ1) is 17.8. The number of hydrogen-bond donors (Lipinski definition) is 2. The van der Waals surface area contributed by atoms with Gasteiger partial charge in [-0.3, -0.25) is 9.59 Å². The van der Waals surface area contributed by atoms with Crippen LogP contribution in [0.15, 0.2) is 52.9 Å². The Labute approximate surface area is 154 Å². The maximum absolute atomic E-state index is 12.8. The van der Waals surface area contributed by atoms with Crippen molar-refractivity contribution in [1.29, 1.82) is 0 Å². The van der Waals surface area contributed by atoms with Crippen molar-refractivity contribution in [3.8, 4) is 5.75 Å². The molecular formula is C19H17ClN2O4. The second-order valence-electron chi connectivity index (χ2n) is 6.19. The highest BCUT2D eigenvalue weighted by Crippen LogP contribution is 2.31. The van der Waals surface area contributed by atoms with Gasteiger partial charge in [0.25, 0.3) is 11.8 Å². The van der Waals surface area contributed by atoms with Crippen LogP contribution in [-0.4, -0.2) is 17.4 Å². The lowest BCUT2D eigenvalue weighted by atomic mass is 10.1. The van der Waals surface area contributed by atoms with E-state index in [1.54, 1.807) is 62.4 Å². The van der Waals surface area contributed by atoms with Crippen molar-refractivity contribution in [3.63, 3.8) is 0 Å². The molecule has 1 heterocycles. The number of fused-ring (bicyclic) bond motifs is 1. The quantitative estimate of drug-likeness (QED) is 0.708. The lowest BCUT2D eigenvalue weighted by Crippen LogP contribution is -2.42. The molecule has 3 N–H and O–H groups in total. The molecule has 0 spiro atoms. The third-order valence-electron chi connectivity index (χ3n) is 3.79. The minimum absolute atomic E-state index is 0.109. The first-order chi connectivity index (χ1) is 12.3. The lowest BCUT2D eigenvalue weighted by Gasteiger charge is -2.25. The maximum atomic E-state index is 12.8. The summed E-state index contributed by atoms with van der Waals surface area (Å²) in [6.07, 6.45) is 0. The van der Waals surface area contributed by atoms with Crippen molar-refractivity contribution in [2.75, 3.05) is 5.32 Å². The van der Waals surface area contributed by atoms with E-state index >= 15 is 0 Å². The zero-order chi connectivity index (χ0) is 18.9. The van der Waals surface area contributed by atoms with Crippen molar-refractivity contribution < 1.29 is 18.7 Å². The van der Waals surface area contributed by atoms with Gasteiger partial charge in [-0.2, -0.15) is 0 Å². The van der Waals surface area contributed by atoms with Crippen molar-refractivity contribution in [2.24, 2.45) is 5.73 Å². The van der Waals surface area contributed by atoms with Gasteiger partial charge in [-0.1, -0.05) is 23.7 Å². The van der Waals surface area contributed by atoms with E-state index in [1.807, 2.05) is 0 Å². The number of para-hydroxylation sites is 1. The van der Waals surface area contributed by atoms with Crippen LogP contribution < -0.4 is 15.8 Å². The number of ether oxygens (including phenoxy) is 1. The van der Waals surface area contributed by atoms with Gasteiger partial charge in [-0.15, -0.1) is 0 Å². The molecule has 2 aromatic carbocycles. The SMILES string of the molecule is CC(C)(Oc1ccc(Cl)cc1)C(=O)Nc1c(C(N)=O)oc2ccccc12. The molecule has 134 valence electrons. The van der Waals surface area contributed by atoms with Crippen molar-refractivity contribution in [2.45, 2.75) is 19.4 Å². The summed E-state index contributed by atoms with van der Waals surface area (Å²) in [4.78, 5) is 24.4. The van der Waals surface area contributed by atoms with Crippen LogP contribution in [0.2, 0.25) is 5.02 Å². The van der Waals surface area contributed by atoms with Gasteiger partial charge in [0, 0.05) is 10.4 Å². The van der Waals surface area contributed by atoms with Crippen LogP contribution in [-0.2, 0) is 4.79 Å². The summed E-state index contributed by atoms with van der Waals surface area (Å²) in [5.74, 6) is -0.849. The predicted molar refractivity (Wildman–Crippen MR) is 99.5 cm³/mol. The fourth-order valence-electron chi connectivity index (χ4n) is 2.45. The van der Waals surface area contributed by atoms with E-state index in [1.165, 1.54) is 0 Å². The van der Waals surface area contributed by atoms with Gasteiger partial charge < -0.3 is 20.2 Å². The number of amides is 2. The summed E-state index contributed by atoms with van der Waals surface area (Å²) in [5, 5.41) is 3.85. The van der Waals surface area contributed by atoms with Crippen LogP contribution in [0, 0.1) is 0 Å². The summed E-state index contributed by atoms with van der Waals surface area (Å²) >= 11 is 5.85. The molecule has 0 aliphatic heterocycles. The zero-order valence-corrected chi connectivity index (χ0v) is 15.0. The van der Waals surface area contributed by atoms with Gasteiger partial charge in [0.1, 0.15) is 17.0 Å². The fraction of sp³-hybridized carbons (Fsp3) is 0.158. The van der Waals surface area contributed by atoms with Gasteiger partial charge in [0.05, 0.1) is 0 Å². The molecule has 1 aromatic heterocycles. The molecule has 0 aliphatic rings. The molecule has 0 aliphatic carbocycles. The Hall–Kier alpha value is -2.99. The van der Waals surface area contributed by atoms with Crippen LogP contribution >= 0.6 is 11.6 Å². The largest absolute Gasteiger partial charge is 0.478 e. The predicted octanol–water partition coefficient (Wildman–Crippen LogP) is 3.98. The third kappa shape index (κ3) is 3.50. The first-order valence-electron chi connectivity index (χ1n) is 7.85. The number of hydrogen-bond acceptors (Lipinski definition) is 4. The normalized spacial score (nSPS) is 11.3. The summed E-state index contributed by atoms with van der Waals surface area (Å²) in [6.45, 7) is 3.23. The molecule has 3 aromatic rings. The third-order valence-corrected chi connectivity index (χ3v) is 4.04. The van der Waals surface area contributed by atoms with Gasteiger partial charge in [-0.05, 0) is 50.2 Å². The number of halogens is 1.